The van der Waals surface area contributed by atoms with Crippen molar-refractivity contribution in [2.45, 2.75) is 25.4 Å². The molecule has 2 heterocycles. The minimum atomic E-state index is -0.568. The second-order valence-corrected chi connectivity index (χ2v) is 6.63. The molecular weight excluding hydrogens is 368 g/mol. The number of fused-ring (bicyclic) bond motifs is 1. The van der Waals surface area contributed by atoms with Gasteiger partial charge in [-0.3, -0.25) is 0 Å². The maximum atomic E-state index is 10.0. The Morgan fingerprint density at radius 1 is 0.862 bits per heavy atom. The maximum absolute atomic E-state index is 10.0. The highest BCUT2D eigenvalue weighted by molar-refractivity contribution is 5.27. The standard InChI is InChI=1S/C22H22N4O3/c27-13-20(28-14-17-7-3-1-4-8-17)21(29-15-18-9-5-2-6-10-18)19-11-23-22-24-16-25-26(22)12-19/h1-12,16,20-21,27H,13-15H2/t20-,21+/m0/s1. The van der Waals surface area contributed by atoms with Crippen molar-refractivity contribution in [3.05, 3.63) is 96.1 Å². The summed E-state index contributed by atoms with van der Waals surface area (Å²) >= 11 is 0. The average molecular weight is 390 g/mol. The van der Waals surface area contributed by atoms with Gasteiger partial charge in [-0.2, -0.15) is 10.1 Å². The largest absolute Gasteiger partial charge is 0.394 e. The molecule has 0 aliphatic heterocycles. The van der Waals surface area contributed by atoms with Crippen LogP contribution in [-0.2, 0) is 22.7 Å². The molecule has 2 atom stereocenters. The smallest absolute Gasteiger partial charge is 0.252 e. The SMILES string of the molecule is OC[C@H](OCc1ccccc1)[C@H](OCc1ccccc1)c1cnc2ncnn2c1. The number of aromatic nitrogens is 4. The summed E-state index contributed by atoms with van der Waals surface area (Å²) in [5, 5.41) is 14.2. The molecule has 0 saturated carbocycles. The zero-order valence-corrected chi connectivity index (χ0v) is 15.8. The predicted octanol–water partition coefficient (Wildman–Crippen LogP) is 2.96. The Bertz CT molecular complexity index is 1020. The van der Waals surface area contributed by atoms with Crippen molar-refractivity contribution >= 4 is 5.78 Å². The molecule has 0 bridgehead atoms. The Labute approximate surface area is 168 Å². The van der Waals surface area contributed by atoms with Crippen LogP contribution in [0.4, 0.5) is 0 Å². The molecular formula is C22H22N4O3. The van der Waals surface area contributed by atoms with Gasteiger partial charge in [0.1, 0.15) is 18.5 Å². The highest BCUT2D eigenvalue weighted by Crippen LogP contribution is 2.25. The molecule has 7 heteroatoms. The van der Waals surface area contributed by atoms with Gasteiger partial charge in [0, 0.05) is 18.0 Å². The summed E-state index contributed by atoms with van der Waals surface area (Å²) in [6.45, 7) is 0.560. The van der Waals surface area contributed by atoms with Gasteiger partial charge in [0.2, 0.25) is 0 Å². The Morgan fingerprint density at radius 2 is 1.52 bits per heavy atom. The number of hydrogen-bond donors (Lipinski definition) is 1. The fourth-order valence-corrected chi connectivity index (χ4v) is 3.07. The topological polar surface area (TPSA) is 81.8 Å². The molecule has 2 aromatic heterocycles. The van der Waals surface area contributed by atoms with Crippen LogP contribution in [0.1, 0.15) is 22.8 Å². The molecule has 4 rings (SSSR count). The van der Waals surface area contributed by atoms with Crippen molar-refractivity contribution in [1.82, 2.24) is 19.6 Å². The van der Waals surface area contributed by atoms with E-state index in [0.717, 1.165) is 16.7 Å². The summed E-state index contributed by atoms with van der Waals surface area (Å²) in [6, 6.07) is 19.7. The molecule has 0 unspecified atom stereocenters. The molecule has 2 aromatic carbocycles. The fourth-order valence-electron chi connectivity index (χ4n) is 3.07. The molecule has 7 nitrogen and oxygen atoms in total. The third-order valence-electron chi connectivity index (χ3n) is 4.58. The van der Waals surface area contributed by atoms with Crippen molar-refractivity contribution in [3.63, 3.8) is 0 Å². The highest BCUT2D eigenvalue weighted by atomic mass is 16.5. The lowest BCUT2D eigenvalue weighted by Crippen LogP contribution is -2.28. The number of rotatable bonds is 9. The van der Waals surface area contributed by atoms with Crippen LogP contribution >= 0.6 is 0 Å². The van der Waals surface area contributed by atoms with Crippen LogP contribution in [0.25, 0.3) is 5.78 Å². The van der Waals surface area contributed by atoms with E-state index in [1.54, 1.807) is 16.9 Å². The number of aliphatic hydroxyl groups is 1. The van der Waals surface area contributed by atoms with Gasteiger partial charge >= 0.3 is 0 Å². The molecule has 29 heavy (non-hydrogen) atoms. The third-order valence-corrected chi connectivity index (χ3v) is 4.58. The lowest BCUT2D eigenvalue weighted by atomic mass is 10.1. The van der Waals surface area contributed by atoms with E-state index in [4.69, 9.17) is 9.47 Å². The van der Waals surface area contributed by atoms with Crippen molar-refractivity contribution in [2.75, 3.05) is 6.61 Å². The van der Waals surface area contributed by atoms with E-state index in [0.29, 0.717) is 19.0 Å². The number of aliphatic hydroxyl groups excluding tert-OH is 1. The summed E-state index contributed by atoms with van der Waals surface area (Å²) in [7, 11) is 0. The van der Waals surface area contributed by atoms with Crippen LogP contribution in [0.3, 0.4) is 0 Å². The van der Waals surface area contributed by atoms with Gasteiger partial charge in [-0.1, -0.05) is 60.7 Å². The van der Waals surface area contributed by atoms with Crippen LogP contribution in [-0.4, -0.2) is 37.4 Å². The van der Waals surface area contributed by atoms with E-state index >= 15 is 0 Å². The van der Waals surface area contributed by atoms with Crippen molar-refractivity contribution in [3.8, 4) is 0 Å². The fraction of sp³-hybridized carbons (Fsp3) is 0.227. The zero-order valence-electron chi connectivity index (χ0n) is 15.8. The predicted molar refractivity (Wildman–Crippen MR) is 107 cm³/mol. The first kappa shape index (κ1) is 19.2. The van der Waals surface area contributed by atoms with Crippen LogP contribution < -0.4 is 0 Å². The van der Waals surface area contributed by atoms with Crippen LogP contribution in [0.5, 0.6) is 0 Å². The van der Waals surface area contributed by atoms with Crippen LogP contribution in [0, 0.1) is 0 Å². The first-order valence-electron chi connectivity index (χ1n) is 9.40. The van der Waals surface area contributed by atoms with Crippen LogP contribution in [0.2, 0.25) is 0 Å². The molecule has 148 valence electrons. The maximum Gasteiger partial charge on any atom is 0.252 e. The quantitative estimate of drug-likeness (QED) is 0.473. The molecule has 0 radical (unpaired) electrons. The van der Waals surface area contributed by atoms with E-state index in [-0.39, 0.29) is 6.61 Å². The average Bonchev–Trinajstić information content (AvgIpc) is 3.25. The van der Waals surface area contributed by atoms with E-state index in [9.17, 15) is 5.11 Å². The molecule has 0 spiro atoms. The summed E-state index contributed by atoms with van der Waals surface area (Å²) in [5.41, 5.74) is 2.82. The van der Waals surface area contributed by atoms with Gasteiger partial charge in [-0.15, -0.1) is 0 Å². The zero-order chi connectivity index (χ0) is 19.9. The normalized spacial score (nSPS) is 13.4. The molecule has 0 saturated heterocycles. The Morgan fingerprint density at radius 3 is 2.17 bits per heavy atom. The Hall–Kier alpha value is -3.13. The Balaban J connectivity index is 1.56. The highest BCUT2D eigenvalue weighted by Gasteiger charge is 2.26. The molecule has 0 amide bonds. The van der Waals surface area contributed by atoms with Crippen LogP contribution in [0.15, 0.2) is 79.4 Å². The number of ether oxygens (including phenoxy) is 2. The minimum absolute atomic E-state index is 0.193. The van der Waals surface area contributed by atoms with E-state index in [1.807, 2.05) is 60.7 Å². The van der Waals surface area contributed by atoms with E-state index < -0.39 is 12.2 Å². The number of benzene rings is 2. The summed E-state index contributed by atoms with van der Waals surface area (Å²) in [4.78, 5) is 8.40. The van der Waals surface area contributed by atoms with Crippen molar-refractivity contribution in [2.24, 2.45) is 0 Å². The summed E-state index contributed by atoms with van der Waals surface area (Å²) in [5.74, 6) is 0.501. The lowest BCUT2D eigenvalue weighted by molar-refractivity contribution is -0.106. The summed E-state index contributed by atoms with van der Waals surface area (Å²) in [6.07, 6.45) is 3.85. The molecule has 0 aliphatic rings. The first-order chi connectivity index (χ1) is 14.3. The second-order valence-electron chi connectivity index (χ2n) is 6.63. The Kier molecular flexibility index (Phi) is 6.21. The van der Waals surface area contributed by atoms with E-state index in [1.165, 1.54) is 6.33 Å². The number of nitrogens with zero attached hydrogens (tertiary/aromatic N) is 4. The number of hydrogen-bond acceptors (Lipinski definition) is 6. The third kappa shape index (κ3) is 4.83. The monoisotopic (exact) mass is 390 g/mol. The minimum Gasteiger partial charge on any atom is -0.394 e. The van der Waals surface area contributed by atoms with Gasteiger partial charge in [0.15, 0.2) is 0 Å². The second kappa shape index (κ2) is 9.38. The molecule has 0 aliphatic carbocycles. The van der Waals surface area contributed by atoms with Gasteiger partial charge in [-0.25, -0.2) is 9.50 Å². The van der Waals surface area contributed by atoms with Gasteiger partial charge in [-0.05, 0) is 11.1 Å². The van der Waals surface area contributed by atoms with Gasteiger partial charge < -0.3 is 14.6 Å². The van der Waals surface area contributed by atoms with Crippen molar-refractivity contribution in [1.29, 1.82) is 0 Å². The van der Waals surface area contributed by atoms with E-state index in [2.05, 4.69) is 15.1 Å². The molecule has 0 fully saturated rings. The summed E-state index contributed by atoms with van der Waals surface area (Å²) < 4.78 is 13.8. The lowest BCUT2D eigenvalue weighted by Gasteiger charge is -2.26. The molecule has 4 aromatic rings. The molecule has 1 N–H and O–H groups in total. The first-order valence-corrected chi connectivity index (χ1v) is 9.40. The van der Waals surface area contributed by atoms with Gasteiger partial charge in [0.05, 0.1) is 19.8 Å². The van der Waals surface area contributed by atoms with Crippen molar-refractivity contribution < 1.29 is 14.6 Å². The van der Waals surface area contributed by atoms with Gasteiger partial charge in [0.25, 0.3) is 5.78 Å².